The molecule has 0 aliphatic carbocycles. The average Bonchev–Trinajstić information content (AvgIpc) is 3.19. The monoisotopic (exact) mass is 404 g/mol. The Morgan fingerprint density at radius 2 is 2.00 bits per heavy atom. The molecular weight excluding hydrogens is 392 g/mol. The number of rotatable bonds is 6. The Hall–Kier alpha value is -3.65. The molecule has 1 aromatic carbocycles. The quantitative estimate of drug-likeness (QED) is 0.501. The summed E-state index contributed by atoms with van der Waals surface area (Å²) in [5, 5.41) is 29.6. The first-order valence-corrected chi connectivity index (χ1v) is 8.07. The van der Waals surface area contributed by atoms with Crippen molar-refractivity contribution in [3.63, 3.8) is 0 Å². The molecule has 0 amide bonds. The highest BCUT2D eigenvalue weighted by Gasteiger charge is 2.57. The number of hydrogen-bond donors (Lipinski definition) is 1. The summed E-state index contributed by atoms with van der Waals surface area (Å²) in [6, 6.07) is 5.81. The zero-order valence-electron chi connectivity index (χ0n) is 14.5. The van der Waals surface area contributed by atoms with Gasteiger partial charge in [-0.05, 0) is 40.3 Å². The molecule has 0 saturated carbocycles. The third kappa shape index (κ3) is 3.83. The minimum absolute atomic E-state index is 0.364. The Labute approximate surface area is 161 Å². The van der Waals surface area contributed by atoms with E-state index in [0.29, 0.717) is 11.6 Å². The molecule has 0 bridgehead atoms. The summed E-state index contributed by atoms with van der Waals surface area (Å²) in [4.78, 5) is 3.64. The second kappa shape index (κ2) is 7.76. The summed E-state index contributed by atoms with van der Waals surface area (Å²) in [7, 11) is 0. The van der Waals surface area contributed by atoms with Crippen molar-refractivity contribution < 1.29 is 22.7 Å². The van der Waals surface area contributed by atoms with E-state index in [0.717, 1.165) is 41.5 Å². The third-order valence-electron chi connectivity index (χ3n) is 4.14. The van der Waals surface area contributed by atoms with E-state index in [2.05, 4.69) is 20.5 Å². The van der Waals surface area contributed by atoms with Crippen LogP contribution in [0.1, 0.15) is 16.8 Å². The zero-order chi connectivity index (χ0) is 21.1. The van der Waals surface area contributed by atoms with Crippen molar-refractivity contribution in [1.82, 2.24) is 25.2 Å². The van der Waals surface area contributed by atoms with E-state index >= 15 is 8.78 Å². The van der Waals surface area contributed by atoms with Crippen molar-refractivity contribution in [1.29, 1.82) is 5.26 Å². The van der Waals surface area contributed by atoms with Gasteiger partial charge in [0, 0.05) is 23.9 Å². The fourth-order valence-corrected chi connectivity index (χ4v) is 2.70. The number of allylic oxidation sites excluding steroid dienone is 1. The molecule has 0 aliphatic rings. The minimum Gasteiger partial charge on any atom is -0.377 e. The first-order valence-electron chi connectivity index (χ1n) is 8.07. The fraction of sp³-hybridized carbons (Fsp3) is 0.167. The maximum absolute atomic E-state index is 15.4. The van der Waals surface area contributed by atoms with E-state index in [9.17, 15) is 13.9 Å². The van der Waals surface area contributed by atoms with Gasteiger partial charge in [-0.25, -0.2) is 13.5 Å². The highest BCUT2D eigenvalue weighted by Crippen LogP contribution is 2.46. The number of hydrogen-bond acceptors (Lipinski definition) is 6. The molecule has 2 heterocycles. The molecule has 0 spiro atoms. The van der Waals surface area contributed by atoms with E-state index in [1.807, 2.05) is 0 Å². The molecule has 148 valence electrons. The van der Waals surface area contributed by atoms with Crippen LogP contribution in [-0.4, -0.2) is 30.3 Å². The van der Waals surface area contributed by atoms with Crippen LogP contribution in [0.4, 0.5) is 17.6 Å². The van der Waals surface area contributed by atoms with Crippen molar-refractivity contribution in [3.8, 4) is 6.07 Å². The van der Waals surface area contributed by atoms with Crippen molar-refractivity contribution in [2.24, 2.45) is 0 Å². The number of nitrogens with zero attached hydrogens (tertiary/aromatic N) is 6. The van der Waals surface area contributed by atoms with E-state index in [1.54, 1.807) is 6.07 Å². The van der Waals surface area contributed by atoms with Gasteiger partial charge in [-0.2, -0.15) is 14.0 Å². The van der Waals surface area contributed by atoms with Crippen molar-refractivity contribution in [2.45, 2.75) is 18.1 Å². The van der Waals surface area contributed by atoms with Gasteiger partial charge < -0.3 is 5.11 Å². The van der Waals surface area contributed by atoms with Gasteiger partial charge in [-0.15, -0.1) is 5.10 Å². The van der Waals surface area contributed by atoms with Gasteiger partial charge in [-0.1, -0.05) is 6.07 Å². The molecular formula is C18H12F4N6O. The molecule has 0 radical (unpaired) electrons. The first-order chi connectivity index (χ1) is 13.8. The molecule has 0 saturated heterocycles. The maximum atomic E-state index is 15.4. The van der Waals surface area contributed by atoms with E-state index in [-0.39, 0.29) is 0 Å². The standard InChI is InChI=1S/C18H12F4N6O/c19-13-4-5-14(15(20)8-13)17(29,10-28-11-25-26-27-28)18(21,22)16-6-3-12(9-24-16)2-1-7-23/h1-6,8-9,11,29H,10H2. The molecule has 2 aromatic heterocycles. The smallest absolute Gasteiger partial charge is 0.323 e. The van der Waals surface area contributed by atoms with Gasteiger partial charge in [0.15, 0.2) is 5.60 Å². The summed E-state index contributed by atoms with van der Waals surface area (Å²) in [6.45, 7) is -0.937. The molecule has 3 rings (SSSR count). The van der Waals surface area contributed by atoms with Crippen molar-refractivity contribution in [2.75, 3.05) is 0 Å². The molecule has 0 aliphatic heterocycles. The predicted octanol–water partition coefficient (Wildman–Crippen LogP) is 2.56. The van der Waals surface area contributed by atoms with E-state index in [4.69, 9.17) is 5.26 Å². The Morgan fingerprint density at radius 1 is 1.21 bits per heavy atom. The number of aromatic nitrogens is 5. The molecule has 0 fully saturated rings. The normalized spacial score (nSPS) is 13.9. The van der Waals surface area contributed by atoms with Gasteiger partial charge in [0.25, 0.3) is 0 Å². The number of tetrazole rings is 1. The van der Waals surface area contributed by atoms with Crippen LogP contribution < -0.4 is 0 Å². The first kappa shape index (κ1) is 20.1. The van der Waals surface area contributed by atoms with Crippen LogP contribution in [0.3, 0.4) is 0 Å². The minimum atomic E-state index is -4.13. The second-order valence-corrected chi connectivity index (χ2v) is 6.01. The summed E-state index contributed by atoms with van der Waals surface area (Å²) >= 11 is 0. The molecule has 1 N–H and O–H groups in total. The number of aliphatic hydroxyl groups is 1. The van der Waals surface area contributed by atoms with Gasteiger partial charge >= 0.3 is 5.92 Å². The number of halogens is 4. The van der Waals surface area contributed by atoms with Crippen LogP contribution in [0, 0.1) is 23.0 Å². The molecule has 7 nitrogen and oxygen atoms in total. The number of alkyl halides is 2. The molecule has 1 unspecified atom stereocenters. The fourth-order valence-electron chi connectivity index (χ4n) is 2.70. The van der Waals surface area contributed by atoms with Crippen LogP contribution in [-0.2, 0) is 18.1 Å². The van der Waals surface area contributed by atoms with Crippen LogP contribution in [0.15, 0.2) is 48.9 Å². The number of benzene rings is 1. The maximum Gasteiger partial charge on any atom is 0.323 e. The average molecular weight is 404 g/mol. The van der Waals surface area contributed by atoms with Crippen molar-refractivity contribution in [3.05, 3.63) is 77.4 Å². The Kier molecular flexibility index (Phi) is 5.38. The molecule has 1 atom stereocenters. The van der Waals surface area contributed by atoms with Gasteiger partial charge in [0.1, 0.15) is 23.7 Å². The predicted molar refractivity (Wildman–Crippen MR) is 90.8 cm³/mol. The third-order valence-corrected chi connectivity index (χ3v) is 4.14. The number of nitriles is 1. The Bertz CT molecular complexity index is 1060. The van der Waals surface area contributed by atoms with Gasteiger partial charge in [0.2, 0.25) is 0 Å². The molecule has 11 heteroatoms. The summed E-state index contributed by atoms with van der Waals surface area (Å²) in [6.07, 6.45) is 4.51. The Balaban J connectivity index is 2.11. The summed E-state index contributed by atoms with van der Waals surface area (Å²) in [5.74, 6) is -6.49. The van der Waals surface area contributed by atoms with Crippen LogP contribution in [0.2, 0.25) is 0 Å². The molecule has 29 heavy (non-hydrogen) atoms. The lowest BCUT2D eigenvalue weighted by Crippen LogP contribution is -2.48. The lowest BCUT2D eigenvalue weighted by Gasteiger charge is -2.35. The second-order valence-electron chi connectivity index (χ2n) is 6.01. The molecule has 3 aromatic rings. The zero-order valence-corrected chi connectivity index (χ0v) is 14.5. The highest BCUT2D eigenvalue weighted by molar-refractivity contribution is 5.50. The number of pyridine rings is 1. The topological polar surface area (TPSA) is 101 Å². The summed E-state index contributed by atoms with van der Waals surface area (Å²) in [5.41, 5.74) is -4.55. The van der Waals surface area contributed by atoms with Crippen molar-refractivity contribution >= 4 is 6.08 Å². The lowest BCUT2D eigenvalue weighted by molar-refractivity contribution is -0.207. The SMILES string of the molecule is N#CC=Cc1ccc(C(F)(F)C(O)(Cn2cnnn2)c2ccc(F)cc2F)nc1. The Morgan fingerprint density at radius 3 is 2.59 bits per heavy atom. The van der Waals surface area contributed by atoms with Crippen LogP contribution in [0.5, 0.6) is 0 Å². The summed E-state index contributed by atoms with van der Waals surface area (Å²) < 4.78 is 59.3. The van der Waals surface area contributed by atoms with Crippen LogP contribution in [0.25, 0.3) is 6.08 Å². The largest absolute Gasteiger partial charge is 0.377 e. The van der Waals surface area contributed by atoms with Gasteiger partial charge in [-0.3, -0.25) is 4.98 Å². The van der Waals surface area contributed by atoms with E-state index in [1.165, 1.54) is 12.1 Å². The van der Waals surface area contributed by atoms with Gasteiger partial charge in [0.05, 0.1) is 12.6 Å². The highest BCUT2D eigenvalue weighted by atomic mass is 19.3. The lowest BCUT2D eigenvalue weighted by atomic mass is 9.84. The van der Waals surface area contributed by atoms with Crippen LogP contribution >= 0.6 is 0 Å². The van der Waals surface area contributed by atoms with E-state index < -0.39 is 41.0 Å².